The number of benzene rings is 1. The highest BCUT2D eigenvalue weighted by molar-refractivity contribution is 6.55. The van der Waals surface area contributed by atoms with Crippen LogP contribution in [-0.2, 0) is 0 Å². The van der Waals surface area contributed by atoms with E-state index in [1.807, 2.05) is 0 Å². The van der Waals surface area contributed by atoms with Gasteiger partial charge >= 0.3 is 6.03 Å². The first kappa shape index (κ1) is 14.5. The second-order valence-electron chi connectivity index (χ2n) is 2.96. The van der Waals surface area contributed by atoms with Crippen molar-refractivity contribution in [2.24, 2.45) is 0 Å². The molecule has 2 N–H and O–H groups in total. The lowest BCUT2D eigenvalue weighted by atomic mass is 10.3. The van der Waals surface area contributed by atoms with Crippen LogP contribution in [0.5, 0.6) is 0 Å². The molecular formula is C10H8Cl4N2O. The Kier molecular flexibility index (Phi) is 5.92. The van der Waals surface area contributed by atoms with Gasteiger partial charge in [0.25, 0.3) is 0 Å². The van der Waals surface area contributed by atoms with Gasteiger partial charge in [0.15, 0.2) is 0 Å². The summed E-state index contributed by atoms with van der Waals surface area (Å²) in [5.74, 6) is 0. The highest BCUT2D eigenvalue weighted by Crippen LogP contribution is 2.24. The van der Waals surface area contributed by atoms with Crippen molar-refractivity contribution in [1.82, 2.24) is 5.32 Å². The minimum atomic E-state index is -0.394. The van der Waals surface area contributed by atoms with Gasteiger partial charge in [-0.05, 0) is 24.3 Å². The monoisotopic (exact) mass is 312 g/mol. The number of hydrogen-bond acceptors (Lipinski definition) is 1. The summed E-state index contributed by atoms with van der Waals surface area (Å²) < 4.78 is 0.0971. The Morgan fingerprint density at radius 1 is 1.24 bits per heavy atom. The van der Waals surface area contributed by atoms with E-state index in [1.165, 1.54) is 6.08 Å². The molecule has 17 heavy (non-hydrogen) atoms. The van der Waals surface area contributed by atoms with Gasteiger partial charge in [-0.25, -0.2) is 4.79 Å². The molecular weight excluding hydrogens is 306 g/mol. The number of amides is 2. The van der Waals surface area contributed by atoms with Crippen molar-refractivity contribution in [2.45, 2.75) is 0 Å². The third kappa shape index (κ3) is 5.50. The predicted octanol–water partition coefficient (Wildman–Crippen LogP) is 4.43. The second kappa shape index (κ2) is 6.97. The number of anilines is 1. The van der Waals surface area contributed by atoms with Crippen LogP contribution < -0.4 is 10.6 Å². The van der Waals surface area contributed by atoms with Crippen LogP contribution in [0.2, 0.25) is 10.0 Å². The van der Waals surface area contributed by atoms with Crippen molar-refractivity contribution in [3.8, 4) is 0 Å². The van der Waals surface area contributed by atoms with E-state index in [-0.39, 0.29) is 11.0 Å². The fraction of sp³-hybridized carbons (Fsp3) is 0.100. The van der Waals surface area contributed by atoms with Crippen molar-refractivity contribution < 1.29 is 4.79 Å². The van der Waals surface area contributed by atoms with E-state index in [4.69, 9.17) is 46.4 Å². The quantitative estimate of drug-likeness (QED) is 0.851. The van der Waals surface area contributed by atoms with Crippen LogP contribution in [0.15, 0.2) is 28.8 Å². The molecule has 0 aliphatic carbocycles. The van der Waals surface area contributed by atoms with Crippen molar-refractivity contribution in [1.29, 1.82) is 0 Å². The van der Waals surface area contributed by atoms with Gasteiger partial charge in [-0.15, -0.1) is 0 Å². The molecule has 1 aromatic carbocycles. The lowest BCUT2D eigenvalue weighted by molar-refractivity contribution is 0.253. The fourth-order valence-electron chi connectivity index (χ4n) is 0.970. The number of rotatable bonds is 3. The molecule has 0 aliphatic rings. The zero-order valence-corrected chi connectivity index (χ0v) is 11.5. The van der Waals surface area contributed by atoms with Gasteiger partial charge in [0, 0.05) is 12.2 Å². The van der Waals surface area contributed by atoms with Crippen LogP contribution in [0.4, 0.5) is 10.5 Å². The number of carbonyl (C=O) groups excluding carboxylic acids is 1. The van der Waals surface area contributed by atoms with Crippen LogP contribution in [-0.4, -0.2) is 12.6 Å². The number of carbonyl (C=O) groups is 1. The molecule has 1 rings (SSSR count). The minimum Gasteiger partial charge on any atom is -0.334 e. The van der Waals surface area contributed by atoms with Crippen LogP contribution in [0, 0.1) is 0 Å². The molecule has 0 spiro atoms. The van der Waals surface area contributed by atoms with E-state index in [0.29, 0.717) is 15.7 Å². The van der Waals surface area contributed by atoms with E-state index in [2.05, 4.69) is 10.6 Å². The molecule has 2 amide bonds. The summed E-state index contributed by atoms with van der Waals surface area (Å²) in [5, 5.41) is 5.89. The molecule has 0 fully saturated rings. The van der Waals surface area contributed by atoms with Crippen molar-refractivity contribution in [2.75, 3.05) is 11.9 Å². The van der Waals surface area contributed by atoms with E-state index in [9.17, 15) is 4.79 Å². The molecule has 0 saturated carbocycles. The average Bonchev–Trinajstić information content (AvgIpc) is 2.23. The minimum absolute atomic E-state index is 0.0971. The van der Waals surface area contributed by atoms with Gasteiger partial charge < -0.3 is 10.6 Å². The van der Waals surface area contributed by atoms with Gasteiger partial charge in [-0.1, -0.05) is 46.4 Å². The van der Waals surface area contributed by atoms with Crippen molar-refractivity contribution in [3.05, 3.63) is 38.8 Å². The summed E-state index contributed by atoms with van der Waals surface area (Å²) in [6.07, 6.45) is 1.46. The Morgan fingerprint density at radius 2 is 1.94 bits per heavy atom. The van der Waals surface area contributed by atoms with E-state index in [1.54, 1.807) is 18.2 Å². The summed E-state index contributed by atoms with van der Waals surface area (Å²) in [7, 11) is 0. The number of hydrogen-bond donors (Lipinski definition) is 2. The number of urea groups is 1. The summed E-state index contributed by atoms with van der Waals surface area (Å²) in [6.45, 7) is 0.232. The molecule has 0 heterocycles. The maximum atomic E-state index is 11.4. The first-order chi connectivity index (χ1) is 7.99. The van der Waals surface area contributed by atoms with Crippen LogP contribution in [0.25, 0.3) is 0 Å². The normalized spacial score (nSPS) is 9.65. The second-order valence-corrected chi connectivity index (χ2v) is 4.78. The molecule has 92 valence electrons. The third-order valence-corrected chi connectivity index (χ3v) is 2.74. The molecule has 0 radical (unpaired) electrons. The van der Waals surface area contributed by atoms with E-state index in [0.717, 1.165) is 0 Å². The van der Waals surface area contributed by atoms with Gasteiger partial charge in [0.2, 0.25) is 0 Å². The van der Waals surface area contributed by atoms with Crippen LogP contribution in [0.1, 0.15) is 0 Å². The molecule has 0 unspecified atom stereocenters. The van der Waals surface area contributed by atoms with E-state index >= 15 is 0 Å². The largest absolute Gasteiger partial charge is 0.334 e. The smallest absolute Gasteiger partial charge is 0.319 e. The van der Waals surface area contributed by atoms with Gasteiger partial charge in [0.05, 0.1) is 10.0 Å². The van der Waals surface area contributed by atoms with Gasteiger partial charge in [-0.2, -0.15) is 0 Å². The Hall–Kier alpha value is -0.610. The molecule has 1 aromatic rings. The number of halogens is 4. The zero-order valence-electron chi connectivity index (χ0n) is 8.44. The lowest BCUT2D eigenvalue weighted by Crippen LogP contribution is -2.28. The zero-order chi connectivity index (χ0) is 12.8. The van der Waals surface area contributed by atoms with E-state index < -0.39 is 6.03 Å². The summed E-state index contributed by atoms with van der Waals surface area (Å²) in [4.78, 5) is 11.4. The van der Waals surface area contributed by atoms with Crippen molar-refractivity contribution >= 4 is 58.1 Å². The lowest BCUT2D eigenvalue weighted by Gasteiger charge is -2.06. The molecule has 0 atom stereocenters. The van der Waals surface area contributed by atoms with Crippen LogP contribution >= 0.6 is 46.4 Å². The topological polar surface area (TPSA) is 41.1 Å². The molecule has 0 bridgehead atoms. The Labute approximate surface area is 119 Å². The Morgan fingerprint density at radius 3 is 2.53 bits per heavy atom. The molecule has 0 aromatic heterocycles. The molecule has 0 aliphatic heterocycles. The average molecular weight is 314 g/mol. The molecule has 0 saturated heterocycles. The van der Waals surface area contributed by atoms with Gasteiger partial charge in [0.1, 0.15) is 4.49 Å². The number of nitrogens with one attached hydrogen (secondary N) is 2. The predicted molar refractivity (Wildman–Crippen MR) is 73.3 cm³/mol. The SMILES string of the molecule is O=C(NCC=C(Cl)Cl)Nc1ccc(Cl)c(Cl)c1. The van der Waals surface area contributed by atoms with Crippen molar-refractivity contribution in [3.63, 3.8) is 0 Å². The fourth-order valence-corrected chi connectivity index (χ4v) is 1.42. The van der Waals surface area contributed by atoms with Crippen LogP contribution in [0.3, 0.4) is 0 Å². The summed E-state index contributed by atoms with van der Waals surface area (Å²) in [5.41, 5.74) is 0.540. The highest BCUT2D eigenvalue weighted by Gasteiger charge is 2.03. The first-order valence-electron chi connectivity index (χ1n) is 4.50. The maximum absolute atomic E-state index is 11.4. The Balaban J connectivity index is 2.51. The highest BCUT2D eigenvalue weighted by atomic mass is 35.5. The van der Waals surface area contributed by atoms with Gasteiger partial charge in [-0.3, -0.25) is 0 Å². The summed E-state index contributed by atoms with van der Waals surface area (Å²) in [6, 6.07) is 4.38. The maximum Gasteiger partial charge on any atom is 0.319 e. The molecule has 3 nitrogen and oxygen atoms in total. The molecule has 7 heteroatoms. The summed E-state index contributed by atoms with van der Waals surface area (Å²) >= 11 is 22.3. The first-order valence-corrected chi connectivity index (χ1v) is 6.01. The third-order valence-electron chi connectivity index (χ3n) is 1.70. The Bertz CT molecular complexity index is 444. The standard InChI is InChI=1S/C10H8Cl4N2O/c11-7-2-1-6(5-8(7)12)16-10(17)15-4-3-9(13)14/h1-3,5H,4H2,(H2,15,16,17).